The van der Waals surface area contributed by atoms with E-state index >= 15 is 0 Å². The molecule has 2 amide bonds. The van der Waals surface area contributed by atoms with Crippen molar-refractivity contribution in [2.24, 2.45) is 0 Å². The second-order valence-corrected chi connectivity index (χ2v) is 4.95. The summed E-state index contributed by atoms with van der Waals surface area (Å²) in [7, 11) is 1.34. The van der Waals surface area contributed by atoms with Crippen molar-refractivity contribution in [1.29, 1.82) is 0 Å². The molecule has 0 aliphatic carbocycles. The Morgan fingerprint density at radius 3 is 2.90 bits per heavy atom. The number of rotatable bonds is 4. The number of aromatic nitrogens is 1. The Balaban J connectivity index is 2.17. The number of nitrogens with one attached hydrogen (secondary N) is 2. The second-order valence-electron chi connectivity index (χ2n) is 4.09. The van der Waals surface area contributed by atoms with Crippen LogP contribution in [-0.2, 0) is 4.74 Å². The van der Waals surface area contributed by atoms with Crippen LogP contribution in [0.15, 0.2) is 29.6 Å². The Bertz CT molecular complexity index is 654. The van der Waals surface area contributed by atoms with Crippen LogP contribution in [0.1, 0.15) is 17.3 Å². The van der Waals surface area contributed by atoms with E-state index in [-0.39, 0.29) is 6.03 Å². The van der Waals surface area contributed by atoms with E-state index in [2.05, 4.69) is 20.4 Å². The maximum absolute atomic E-state index is 11.5. The number of anilines is 1. The number of ether oxygens (including phenoxy) is 1. The molecule has 1 aromatic carbocycles. The summed E-state index contributed by atoms with van der Waals surface area (Å²) in [6.45, 7) is 2.39. The van der Waals surface area contributed by atoms with Crippen LogP contribution in [0.2, 0.25) is 0 Å². The number of esters is 1. The van der Waals surface area contributed by atoms with Crippen molar-refractivity contribution in [3.63, 3.8) is 0 Å². The zero-order valence-electron chi connectivity index (χ0n) is 11.7. The molecule has 2 aromatic rings. The molecule has 0 saturated carbocycles. The van der Waals surface area contributed by atoms with Gasteiger partial charge in [0.25, 0.3) is 0 Å². The highest BCUT2D eigenvalue weighted by Gasteiger charge is 2.10. The minimum atomic E-state index is -0.396. The summed E-state index contributed by atoms with van der Waals surface area (Å²) in [5.74, 6) is -0.396. The Morgan fingerprint density at radius 1 is 1.38 bits per heavy atom. The van der Waals surface area contributed by atoms with Crippen LogP contribution in [0.25, 0.3) is 11.3 Å². The summed E-state index contributed by atoms with van der Waals surface area (Å²) < 4.78 is 4.69. The molecule has 6 nitrogen and oxygen atoms in total. The fourth-order valence-electron chi connectivity index (χ4n) is 1.69. The Morgan fingerprint density at radius 2 is 2.19 bits per heavy atom. The van der Waals surface area contributed by atoms with Crippen LogP contribution >= 0.6 is 11.3 Å². The minimum Gasteiger partial charge on any atom is -0.465 e. The Hall–Kier alpha value is -2.41. The van der Waals surface area contributed by atoms with E-state index in [1.807, 2.05) is 18.4 Å². The highest BCUT2D eigenvalue weighted by atomic mass is 32.1. The molecular formula is C14H15N3O3S. The number of methoxy groups -OCH3 is 1. The van der Waals surface area contributed by atoms with Gasteiger partial charge < -0.3 is 10.1 Å². The van der Waals surface area contributed by atoms with E-state index in [9.17, 15) is 9.59 Å². The third-order valence-electron chi connectivity index (χ3n) is 2.64. The highest BCUT2D eigenvalue weighted by Crippen LogP contribution is 2.25. The van der Waals surface area contributed by atoms with Crippen molar-refractivity contribution in [3.8, 4) is 11.3 Å². The van der Waals surface area contributed by atoms with Gasteiger partial charge in [-0.2, -0.15) is 0 Å². The second kappa shape index (κ2) is 6.85. The third kappa shape index (κ3) is 3.79. The van der Waals surface area contributed by atoms with Crippen LogP contribution in [0, 0.1) is 0 Å². The number of urea groups is 1. The van der Waals surface area contributed by atoms with Crippen LogP contribution in [-0.4, -0.2) is 30.6 Å². The zero-order chi connectivity index (χ0) is 15.2. The fraction of sp³-hybridized carbons (Fsp3) is 0.214. The summed E-state index contributed by atoms with van der Waals surface area (Å²) in [4.78, 5) is 27.3. The van der Waals surface area contributed by atoms with Crippen LogP contribution in [0.5, 0.6) is 0 Å². The lowest BCUT2D eigenvalue weighted by atomic mass is 10.1. The van der Waals surface area contributed by atoms with Gasteiger partial charge in [-0.25, -0.2) is 14.6 Å². The SMILES string of the molecule is CCNC(=O)Nc1nc(-c2cccc(C(=O)OC)c2)cs1. The molecule has 0 saturated heterocycles. The maximum Gasteiger partial charge on any atom is 0.337 e. The van der Waals surface area contributed by atoms with E-state index in [1.54, 1.807) is 18.2 Å². The molecule has 0 unspecified atom stereocenters. The molecule has 0 atom stereocenters. The van der Waals surface area contributed by atoms with Gasteiger partial charge in [-0.15, -0.1) is 11.3 Å². The molecule has 110 valence electrons. The lowest BCUT2D eigenvalue weighted by Gasteiger charge is -2.02. The average Bonchev–Trinajstić information content (AvgIpc) is 2.95. The van der Waals surface area contributed by atoms with Gasteiger partial charge in [0.2, 0.25) is 0 Å². The summed E-state index contributed by atoms with van der Waals surface area (Å²) in [5, 5.41) is 7.59. The highest BCUT2D eigenvalue weighted by molar-refractivity contribution is 7.14. The van der Waals surface area contributed by atoms with Crippen LogP contribution in [0.3, 0.4) is 0 Å². The van der Waals surface area contributed by atoms with Gasteiger partial charge in [0.05, 0.1) is 18.4 Å². The van der Waals surface area contributed by atoms with Gasteiger partial charge >= 0.3 is 12.0 Å². The largest absolute Gasteiger partial charge is 0.465 e. The lowest BCUT2D eigenvalue weighted by Crippen LogP contribution is -2.28. The molecule has 0 aliphatic heterocycles. The minimum absolute atomic E-state index is 0.290. The van der Waals surface area contributed by atoms with Gasteiger partial charge in [0.15, 0.2) is 5.13 Å². The smallest absolute Gasteiger partial charge is 0.337 e. The first-order chi connectivity index (χ1) is 10.1. The maximum atomic E-state index is 11.5. The Kier molecular flexibility index (Phi) is 4.89. The fourth-order valence-corrected chi connectivity index (χ4v) is 2.40. The summed E-state index contributed by atoms with van der Waals surface area (Å²) >= 11 is 1.32. The first-order valence-electron chi connectivity index (χ1n) is 6.33. The first-order valence-corrected chi connectivity index (χ1v) is 7.21. The van der Waals surface area contributed by atoms with Crippen molar-refractivity contribution in [2.45, 2.75) is 6.92 Å². The molecule has 0 aliphatic rings. The first kappa shape index (κ1) is 15.0. The summed E-state index contributed by atoms with van der Waals surface area (Å²) in [6, 6.07) is 6.70. The van der Waals surface area contributed by atoms with Gasteiger partial charge in [-0.3, -0.25) is 5.32 Å². The van der Waals surface area contributed by atoms with Crippen LogP contribution < -0.4 is 10.6 Å². The van der Waals surface area contributed by atoms with Gasteiger partial charge in [0, 0.05) is 17.5 Å². The molecule has 0 bridgehead atoms. The molecule has 2 rings (SSSR count). The third-order valence-corrected chi connectivity index (χ3v) is 3.40. The predicted octanol–water partition coefficient (Wildman–Crippen LogP) is 2.74. The molecule has 21 heavy (non-hydrogen) atoms. The quantitative estimate of drug-likeness (QED) is 0.851. The Labute approximate surface area is 126 Å². The normalized spacial score (nSPS) is 10.0. The van der Waals surface area contributed by atoms with E-state index in [0.29, 0.717) is 22.9 Å². The molecule has 0 fully saturated rings. The number of thiazole rings is 1. The number of carbonyl (C=O) groups is 2. The van der Waals surface area contributed by atoms with Crippen LogP contribution in [0.4, 0.5) is 9.93 Å². The van der Waals surface area contributed by atoms with Crippen molar-refractivity contribution in [2.75, 3.05) is 19.0 Å². The standard InChI is InChI=1S/C14H15N3O3S/c1-3-15-13(19)17-14-16-11(8-21-14)9-5-4-6-10(7-9)12(18)20-2/h4-8H,3H2,1-2H3,(H2,15,16,17,19). The number of carbonyl (C=O) groups excluding carboxylic acids is 2. The monoisotopic (exact) mass is 305 g/mol. The zero-order valence-corrected chi connectivity index (χ0v) is 12.5. The van der Waals surface area contributed by atoms with E-state index in [0.717, 1.165) is 5.56 Å². The molecule has 1 heterocycles. The summed E-state index contributed by atoms with van der Waals surface area (Å²) in [5.41, 5.74) is 1.94. The number of nitrogens with zero attached hydrogens (tertiary/aromatic N) is 1. The molecule has 7 heteroatoms. The number of hydrogen-bond donors (Lipinski definition) is 2. The number of amides is 2. The van der Waals surface area contributed by atoms with E-state index < -0.39 is 5.97 Å². The molecule has 0 radical (unpaired) electrons. The van der Waals surface area contributed by atoms with Gasteiger partial charge in [0.1, 0.15) is 0 Å². The topological polar surface area (TPSA) is 80.3 Å². The molecule has 0 spiro atoms. The van der Waals surface area contributed by atoms with Crippen molar-refractivity contribution < 1.29 is 14.3 Å². The number of hydrogen-bond acceptors (Lipinski definition) is 5. The average molecular weight is 305 g/mol. The summed E-state index contributed by atoms with van der Waals surface area (Å²) in [6.07, 6.45) is 0. The lowest BCUT2D eigenvalue weighted by molar-refractivity contribution is 0.0601. The van der Waals surface area contributed by atoms with E-state index in [4.69, 9.17) is 0 Å². The van der Waals surface area contributed by atoms with Crippen molar-refractivity contribution in [3.05, 3.63) is 35.2 Å². The van der Waals surface area contributed by atoms with E-state index in [1.165, 1.54) is 18.4 Å². The van der Waals surface area contributed by atoms with Crippen molar-refractivity contribution in [1.82, 2.24) is 10.3 Å². The van der Waals surface area contributed by atoms with Crippen molar-refractivity contribution >= 4 is 28.5 Å². The molecular weight excluding hydrogens is 290 g/mol. The molecule has 1 aromatic heterocycles. The van der Waals surface area contributed by atoms with Gasteiger partial charge in [-0.1, -0.05) is 12.1 Å². The number of benzene rings is 1. The van der Waals surface area contributed by atoms with Gasteiger partial charge in [-0.05, 0) is 19.1 Å². The predicted molar refractivity (Wildman–Crippen MR) is 81.6 cm³/mol. The molecule has 2 N–H and O–H groups in total.